The Hall–Kier alpha value is -3.23. The van der Waals surface area contributed by atoms with Crippen LogP contribution >= 0.6 is 0 Å². The molecule has 1 aromatic heterocycles. The zero-order valence-electron chi connectivity index (χ0n) is 19.8. The maximum Gasteiger partial charge on any atom is 0.228 e. The van der Waals surface area contributed by atoms with Crippen LogP contribution < -0.4 is 0 Å². The molecule has 1 atom stereocenters. The lowest BCUT2D eigenvalue weighted by Crippen LogP contribution is -2.38. The second-order valence-electron chi connectivity index (χ2n) is 8.75. The van der Waals surface area contributed by atoms with Crippen LogP contribution in [0, 0.1) is 0 Å². The number of aromatic nitrogens is 2. The van der Waals surface area contributed by atoms with E-state index in [0.29, 0.717) is 24.4 Å². The zero-order valence-corrected chi connectivity index (χ0v) is 20.6. The Morgan fingerprint density at radius 2 is 1.80 bits per heavy atom. The van der Waals surface area contributed by atoms with Crippen LogP contribution in [0.15, 0.2) is 84.7 Å². The number of allylic oxidation sites excluding steroid dienone is 1. The maximum atomic E-state index is 13.3. The van der Waals surface area contributed by atoms with Crippen molar-refractivity contribution < 1.29 is 17.9 Å². The molecule has 1 aliphatic heterocycles. The minimum absolute atomic E-state index is 0.0103. The highest BCUT2D eigenvalue weighted by Crippen LogP contribution is 2.21. The van der Waals surface area contributed by atoms with Crippen LogP contribution in [-0.2, 0) is 44.6 Å². The minimum atomic E-state index is -3.70. The number of nitrogens with zero attached hydrogens (tertiary/aromatic N) is 3. The summed E-state index contributed by atoms with van der Waals surface area (Å²) in [5.41, 5.74) is 2.27. The number of benzene rings is 2. The van der Waals surface area contributed by atoms with Gasteiger partial charge in [-0.3, -0.25) is 4.79 Å². The molecule has 7 nitrogen and oxygen atoms in total. The fraction of sp³-hybridized carbons (Fsp3) is 0.333. The largest absolute Gasteiger partial charge is 0.376 e. The van der Waals surface area contributed by atoms with Gasteiger partial charge in [-0.05, 0) is 24.0 Å². The molecule has 2 heterocycles. The Bertz CT molecular complexity index is 1230. The van der Waals surface area contributed by atoms with Gasteiger partial charge in [-0.15, -0.1) is 6.58 Å². The van der Waals surface area contributed by atoms with E-state index in [0.717, 1.165) is 18.4 Å². The fourth-order valence-electron chi connectivity index (χ4n) is 4.32. The molecule has 1 aliphatic rings. The monoisotopic (exact) mass is 493 g/mol. The SMILES string of the molecule is C=CCn1c(CN(CC2CCCO2)C(=O)Cc2ccccc2)cnc1S(=O)(=O)Cc1ccccc1. The number of sulfone groups is 1. The first-order valence-electron chi connectivity index (χ1n) is 11.8. The molecule has 1 amide bonds. The van der Waals surface area contributed by atoms with Crippen molar-refractivity contribution in [3.63, 3.8) is 0 Å². The van der Waals surface area contributed by atoms with Gasteiger partial charge in [0.15, 0.2) is 0 Å². The molecular weight excluding hydrogens is 462 g/mol. The quantitative estimate of drug-likeness (QED) is 0.380. The molecule has 0 bridgehead atoms. The van der Waals surface area contributed by atoms with Crippen molar-refractivity contribution in [3.8, 4) is 0 Å². The van der Waals surface area contributed by atoms with Crippen molar-refractivity contribution in [2.75, 3.05) is 13.2 Å². The summed E-state index contributed by atoms with van der Waals surface area (Å²) in [6.45, 7) is 5.47. The van der Waals surface area contributed by atoms with E-state index in [-0.39, 0.29) is 42.4 Å². The molecule has 0 aliphatic carbocycles. The molecule has 2 aromatic carbocycles. The first-order valence-corrected chi connectivity index (χ1v) is 13.5. The number of amides is 1. The van der Waals surface area contributed by atoms with Crippen LogP contribution in [0.3, 0.4) is 0 Å². The Morgan fingerprint density at radius 3 is 2.43 bits per heavy atom. The second kappa shape index (κ2) is 11.5. The van der Waals surface area contributed by atoms with Crippen LogP contribution in [0.5, 0.6) is 0 Å². The van der Waals surface area contributed by atoms with E-state index in [9.17, 15) is 13.2 Å². The van der Waals surface area contributed by atoms with E-state index in [1.54, 1.807) is 33.9 Å². The van der Waals surface area contributed by atoms with Gasteiger partial charge in [0.25, 0.3) is 0 Å². The molecular formula is C27H31N3O4S. The average molecular weight is 494 g/mol. The van der Waals surface area contributed by atoms with Crippen molar-refractivity contribution in [1.29, 1.82) is 0 Å². The molecule has 4 rings (SSSR count). The summed E-state index contributed by atoms with van der Waals surface area (Å²) in [6, 6.07) is 18.6. The van der Waals surface area contributed by atoms with Crippen LogP contribution in [0.1, 0.15) is 29.7 Å². The molecule has 0 N–H and O–H groups in total. The van der Waals surface area contributed by atoms with Gasteiger partial charge in [0, 0.05) is 19.7 Å². The Labute approximate surface area is 207 Å². The third-order valence-electron chi connectivity index (χ3n) is 6.04. The fourth-order valence-corrected chi connectivity index (χ4v) is 5.82. The summed E-state index contributed by atoms with van der Waals surface area (Å²) in [5.74, 6) is -0.180. The minimum Gasteiger partial charge on any atom is -0.376 e. The molecule has 0 radical (unpaired) electrons. The van der Waals surface area contributed by atoms with E-state index in [1.165, 1.54) is 0 Å². The van der Waals surface area contributed by atoms with E-state index in [4.69, 9.17) is 4.74 Å². The molecule has 1 unspecified atom stereocenters. The Morgan fingerprint density at radius 1 is 1.11 bits per heavy atom. The molecule has 1 saturated heterocycles. The van der Waals surface area contributed by atoms with Crippen LogP contribution in [0.25, 0.3) is 0 Å². The average Bonchev–Trinajstić information content (AvgIpc) is 3.50. The van der Waals surface area contributed by atoms with Gasteiger partial charge >= 0.3 is 0 Å². The number of carbonyl (C=O) groups is 1. The normalized spacial score (nSPS) is 15.7. The first kappa shape index (κ1) is 24.9. The summed E-state index contributed by atoms with van der Waals surface area (Å²) >= 11 is 0. The number of hydrogen-bond acceptors (Lipinski definition) is 5. The van der Waals surface area contributed by atoms with Crippen molar-refractivity contribution in [3.05, 3.63) is 96.3 Å². The number of carbonyl (C=O) groups excluding carboxylic acids is 1. The lowest BCUT2D eigenvalue weighted by atomic mass is 10.1. The van der Waals surface area contributed by atoms with Crippen LogP contribution in [0.2, 0.25) is 0 Å². The Balaban J connectivity index is 1.59. The summed E-state index contributed by atoms with van der Waals surface area (Å²) in [6.07, 6.45) is 5.32. The van der Waals surface area contributed by atoms with Gasteiger partial charge in [0.1, 0.15) is 0 Å². The van der Waals surface area contributed by atoms with Gasteiger partial charge in [-0.2, -0.15) is 0 Å². The van der Waals surface area contributed by atoms with Gasteiger partial charge in [-0.25, -0.2) is 13.4 Å². The smallest absolute Gasteiger partial charge is 0.228 e. The summed E-state index contributed by atoms with van der Waals surface area (Å²) < 4.78 is 33.9. The molecule has 35 heavy (non-hydrogen) atoms. The van der Waals surface area contributed by atoms with E-state index in [1.807, 2.05) is 48.5 Å². The maximum absolute atomic E-state index is 13.3. The van der Waals surface area contributed by atoms with Crippen molar-refractivity contribution in [2.45, 2.75) is 49.4 Å². The topological polar surface area (TPSA) is 81.5 Å². The first-order chi connectivity index (χ1) is 17.0. The lowest BCUT2D eigenvalue weighted by molar-refractivity contribution is -0.132. The van der Waals surface area contributed by atoms with Crippen molar-refractivity contribution in [2.24, 2.45) is 0 Å². The van der Waals surface area contributed by atoms with Crippen molar-refractivity contribution >= 4 is 15.7 Å². The van der Waals surface area contributed by atoms with E-state index in [2.05, 4.69) is 11.6 Å². The van der Waals surface area contributed by atoms with Gasteiger partial charge in [0.2, 0.25) is 20.9 Å². The van der Waals surface area contributed by atoms with Gasteiger partial charge < -0.3 is 14.2 Å². The Kier molecular flexibility index (Phi) is 8.15. The van der Waals surface area contributed by atoms with Crippen molar-refractivity contribution in [1.82, 2.24) is 14.5 Å². The summed E-state index contributed by atoms with van der Waals surface area (Å²) in [5, 5.41) is -0.0103. The van der Waals surface area contributed by atoms with Gasteiger partial charge in [-0.1, -0.05) is 66.7 Å². The number of hydrogen-bond donors (Lipinski definition) is 0. The molecule has 8 heteroatoms. The molecule has 1 fully saturated rings. The van der Waals surface area contributed by atoms with Crippen LogP contribution in [0.4, 0.5) is 0 Å². The zero-order chi connectivity index (χ0) is 24.7. The summed E-state index contributed by atoms with van der Waals surface area (Å²) in [7, 11) is -3.70. The summed E-state index contributed by atoms with van der Waals surface area (Å²) in [4.78, 5) is 19.4. The highest BCUT2D eigenvalue weighted by Gasteiger charge is 2.27. The third kappa shape index (κ3) is 6.46. The van der Waals surface area contributed by atoms with Crippen LogP contribution in [-0.4, -0.2) is 48.0 Å². The predicted octanol–water partition coefficient (Wildman–Crippen LogP) is 3.79. The number of ether oxygens (including phenoxy) is 1. The van der Waals surface area contributed by atoms with E-state index < -0.39 is 9.84 Å². The standard InChI is InChI=1S/C27H31N3O4S/c1-2-15-30-24(18-28-27(30)35(32,33)21-23-12-7-4-8-13-23)19-29(20-25-14-9-16-34-25)26(31)17-22-10-5-3-6-11-22/h2-8,10-13,18,25H,1,9,14-17,19-21H2. The highest BCUT2D eigenvalue weighted by atomic mass is 32.2. The molecule has 3 aromatic rings. The molecule has 0 saturated carbocycles. The number of rotatable bonds is 11. The lowest BCUT2D eigenvalue weighted by Gasteiger charge is -2.26. The van der Waals surface area contributed by atoms with Gasteiger partial charge in [0.05, 0.1) is 36.7 Å². The third-order valence-corrected chi connectivity index (χ3v) is 7.64. The van der Waals surface area contributed by atoms with E-state index >= 15 is 0 Å². The second-order valence-corrected chi connectivity index (χ2v) is 10.6. The molecule has 184 valence electrons. The molecule has 0 spiro atoms. The number of imidazole rings is 1. The highest BCUT2D eigenvalue weighted by molar-refractivity contribution is 7.90. The predicted molar refractivity (Wildman–Crippen MR) is 134 cm³/mol.